The predicted molar refractivity (Wildman–Crippen MR) is 86.7 cm³/mol. The van der Waals surface area contributed by atoms with Crippen LogP contribution in [-0.4, -0.2) is 0 Å². The van der Waals surface area contributed by atoms with E-state index in [9.17, 15) is 0 Å². The molecule has 20 heavy (non-hydrogen) atoms. The number of hydrogen-bond acceptors (Lipinski definition) is 1. The molecule has 2 aliphatic rings. The van der Waals surface area contributed by atoms with Gasteiger partial charge in [0.15, 0.2) is 0 Å². The molecule has 2 saturated carbocycles. The van der Waals surface area contributed by atoms with Crippen molar-refractivity contribution in [3.8, 4) is 0 Å². The number of nitrogens with two attached hydrogens (primary N) is 1. The average molecular weight is 271 g/mol. The van der Waals surface area contributed by atoms with Crippen LogP contribution in [0.15, 0.2) is 24.3 Å². The van der Waals surface area contributed by atoms with Crippen molar-refractivity contribution >= 4 is 5.69 Å². The van der Waals surface area contributed by atoms with Crippen LogP contribution in [0.5, 0.6) is 0 Å². The maximum Gasteiger partial charge on any atom is 0.0314 e. The van der Waals surface area contributed by atoms with Crippen molar-refractivity contribution in [1.29, 1.82) is 0 Å². The number of rotatable bonds is 2. The van der Waals surface area contributed by atoms with Gasteiger partial charge in [0, 0.05) is 5.69 Å². The van der Waals surface area contributed by atoms with E-state index in [0.29, 0.717) is 0 Å². The Morgan fingerprint density at radius 3 is 1.80 bits per heavy atom. The first kappa shape index (κ1) is 14.0. The van der Waals surface area contributed by atoms with Gasteiger partial charge in [-0.1, -0.05) is 31.9 Å². The Kier molecular flexibility index (Phi) is 4.33. The summed E-state index contributed by atoms with van der Waals surface area (Å²) in [6, 6.07) is 8.60. The third kappa shape index (κ3) is 3.19. The van der Waals surface area contributed by atoms with Gasteiger partial charge in [-0.3, -0.25) is 0 Å². The Hall–Kier alpha value is -0.980. The summed E-state index contributed by atoms with van der Waals surface area (Å²) >= 11 is 0. The van der Waals surface area contributed by atoms with Gasteiger partial charge in [0.2, 0.25) is 0 Å². The van der Waals surface area contributed by atoms with Gasteiger partial charge in [-0.2, -0.15) is 0 Å². The number of nitrogen functional groups attached to an aromatic ring is 1. The summed E-state index contributed by atoms with van der Waals surface area (Å²) in [5.41, 5.74) is 8.18. The molecule has 2 fully saturated rings. The molecule has 0 heterocycles. The number of hydrogen-bond donors (Lipinski definition) is 1. The highest BCUT2D eigenvalue weighted by Gasteiger charge is 2.30. The van der Waals surface area contributed by atoms with Crippen LogP contribution < -0.4 is 5.73 Å². The van der Waals surface area contributed by atoms with Gasteiger partial charge in [-0.15, -0.1) is 0 Å². The molecule has 2 N–H and O–H groups in total. The molecule has 0 aromatic heterocycles. The van der Waals surface area contributed by atoms with Crippen molar-refractivity contribution in [2.45, 2.75) is 64.2 Å². The lowest BCUT2D eigenvalue weighted by Gasteiger charge is -2.37. The van der Waals surface area contributed by atoms with E-state index in [1.54, 1.807) is 0 Å². The molecule has 1 heteroatoms. The Labute approximate surface area is 124 Å². The SMILES string of the molecule is CC1CCC(C2CCC(c3ccc(N)cc3)CC2)CC1. The molecule has 1 nitrogen and oxygen atoms in total. The summed E-state index contributed by atoms with van der Waals surface area (Å²) in [6.45, 7) is 2.42. The van der Waals surface area contributed by atoms with Gasteiger partial charge in [0.1, 0.15) is 0 Å². The lowest BCUT2D eigenvalue weighted by Crippen LogP contribution is -2.24. The van der Waals surface area contributed by atoms with Crippen molar-refractivity contribution in [3.05, 3.63) is 29.8 Å². The van der Waals surface area contributed by atoms with Crippen molar-refractivity contribution in [3.63, 3.8) is 0 Å². The summed E-state index contributed by atoms with van der Waals surface area (Å²) in [5, 5.41) is 0. The van der Waals surface area contributed by atoms with E-state index < -0.39 is 0 Å². The van der Waals surface area contributed by atoms with E-state index in [4.69, 9.17) is 5.73 Å². The van der Waals surface area contributed by atoms with Crippen LogP contribution in [0.3, 0.4) is 0 Å². The molecular weight excluding hydrogens is 242 g/mol. The Morgan fingerprint density at radius 2 is 1.25 bits per heavy atom. The van der Waals surface area contributed by atoms with Gasteiger partial charge in [0.25, 0.3) is 0 Å². The molecular formula is C19H29N. The fourth-order valence-corrected chi connectivity index (χ4v) is 4.45. The fraction of sp³-hybridized carbons (Fsp3) is 0.684. The highest BCUT2D eigenvalue weighted by molar-refractivity contribution is 5.40. The van der Waals surface area contributed by atoms with Crippen LogP contribution in [0.1, 0.15) is 69.8 Å². The zero-order valence-corrected chi connectivity index (χ0v) is 12.9. The standard InChI is InChI=1S/C19H29N/c1-14-2-4-15(5-3-14)16-6-8-17(9-7-16)18-10-12-19(20)13-11-18/h10-17H,2-9,20H2,1H3. The van der Waals surface area contributed by atoms with Crippen molar-refractivity contribution in [1.82, 2.24) is 0 Å². The zero-order chi connectivity index (χ0) is 13.9. The minimum Gasteiger partial charge on any atom is -0.399 e. The Bertz CT molecular complexity index is 406. The molecule has 0 unspecified atom stereocenters. The van der Waals surface area contributed by atoms with E-state index in [0.717, 1.165) is 29.4 Å². The van der Waals surface area contributed by atoms with Crippen LogP contribution >= 0.6 is 0 Å². The van der Waals surface area contributed by atoms with E-state index in [-0.39, 0.29) is 0 Å². The molecule has 2 aliphatic carbocycles. The van der Waals surface area contributed by atoms with Gasteiger partial charge in [-0.25, -0.2) is 0 Å². The van der Waals surface area contributed by atoms with Crippen LogP contribution in [0.4, 0.5) is 5.69 Å². The first-order valence-electron chi connectivity index (χ1n) is 8.58. The lowest BCUT2D eigenvalue weighted by atomic mass is 9.68. The largest absolute Gasteiger partial charge is 0.399 e. The topological polar surface area (TPSA) is 26.0 Å². The molecule has 0 aliphatic heterocycles. The molecule has 0 radical (unpaired) electrons. The van der Waals surface area contributed by atoms with Crippen molar-refractivity contribution in [2.24, 2.45) is 17.8 Å². The summed E-state index contributed by atoms with van der Waals surface area (Å²) in [7, 11) is 0. The van der Waals surface area contributed by atoms with Crippen molar-refractivity contribution in [2.75, 3.05) is 5.73 Å². The quantitative estimate of drug-likeness (QED) is 0.719. The van der Waals surface area contributed by atoms with Gasteiger partial charge < -0.3 is 5.73 Å². The second kappa shape index (κ2) is 6.20. The van der Waals surface area contributed by atoms with Gasteiger partial charge in [-0.05, 0) is 79.9 Å². The highest BCUT2D eigenvalue weighted by atomic mass is 14.5. The normalized spacial score (nSPS) is 34.9. The minimum absolute atomic E-state index is 0.786. The van der Waals surface area contributed by atoms with E-state index in [1.165, 1.54) is 56.9 Å². The maximum absolute atomic E-state index is 5.79. The van der Waals surface area contributed by atoms with Crippen LogP contribution in [0.2, 0.25) is 0 Å². The molecule has 3 rings (SSSR count). The molecule has 0 spiro atoms. The highest BCUT2D eigenvalue weighted by Crippen LogP contribution is 2.43. The van der Waals surface area contributed by atoms with E-state index >= 15 is 0 Å². The molecule has 0 amide bonds. The smallest absolute Gasteiger partial charge is 0.0314 e. The first-order valence-corrected chi connectivity index (χ1v) is 8.58. The van der Waals surface area contributed by atoms with Gasteiger partial charge >= 0.3 is 0 Å². The van der Waals surface area contributed by atoms with Crippen molar-refractivity contribution < 1.29 is 0 Å². The third-order valence-corrected chi connectivity index (χ3v) is 5.91. The third-order valence-electron chi connectivity index (χ3n) is 5.91. The molecule has 0 bridgehead atoms. The summed E-state index contributed by atoms with van der Waals surface area (Å²) < 4.78 is 0. The monoisotopic (exact) mass is 271 g/mol. The number of benzene rings is 1. The van der Waals surface area contributed by atoms with E-state index in [1.807, 2.05) is 0 Å². The molecule has 0 saturated heterocycles. The summed E-state index contributed by atoms with van der Waals surface area (Å²) in [6.07, 6.45) is 11.6. The fourth-order valence-electron chi connectivity index (χ4n) is 4.45. The lowest BCUT2D eigenvalue weighted by molar-refractivity contribution is 0.165. The Balaban J connectivity index is 1.53. The summed E-state index contributed by atoms with van der Waals surface area (Å²) in [4.78, 5) is 0. The molecule has 1 aromatic carbocycles. The minimum atomic E-state index is 0.786. The second-order valence-electron chi connectivity index (χ2n) is 7.30. The second-order valence-corrected chi connectivity index (χ2v) is 7.30. The summed E-state index contributed by atoms with van der Waals surface area (Å²) in [5.74, 6) is 3.83. The van der Waals surface area contributed by atoms with E-state index in [2.05, 4.69) is 31.2 Å². The Morgan fingerprint density at radius 1 is 0.750 bits per heavy atom. The predicted octanol–water partition coefficient (Wildman–Crippen LogP) is 5.37. The average Bonchev–Trinajstić information content (AvgIpc) is 2.49. The first-order chi connectivity index (χ1) is 9.72. The molecule has 0 atom stereocenters. The van der Waals surface area contributed by atoms with Gasteiger partial charge in [0.05, 0.1) is 0 Å². The number of anilines is 1. The van der Waals surface area contributed by atoms with Crippen LogP contribution in [-0.2, 0) is 0 Å². The molecule has 110 valence electrons. The zero-order valence-electron chi connectivity index (χ0n) is 12.9. The maximum atomic E-state index is 5.79. The van der Waals surface area contributed by atoms with Crippen LogP contribution in [0.25, 0.3) is 0 Å². The van der Waals surface area contributed by atoms with Crippen LogP contribution in [0, 0.1) is 17.8 Å². The molecule has 1 aromatic rings.